The predicted molar refractivity (Wildman–Crippen MR) is 351 cm³/mol. The molecule has 0 aliphatic carbocycles. The van der Waals surface area contributed by atoms with Crippen LogP contribution in [0.25, 0.3) is 0 Å². The second-order valence-electron chi connectivity index (χ2n) is 22.8. The zero-order valence-corrected chi connectivity index (χ0v) is 53.2. The van der Waals surface area contributed by atoms with Gasteiger partial charge in [-0.2, -0.15) is 0 Å². The Morgan fingerprint density at radius 3 is 1.31 bits per heavy atom. The van der Waals surface area contributed by atoms with Crippen LogP contribution in [0.15, 0.2) is 122 Å². The maximum absolute atomic E-state index is 13.5. The molecule has 1 amide bonds. The summed E-state index contributed by atoms with van der Waals surface area (Å²) in [5.74, 6) is -1.26. The first-order chi connectivity index (χ1) is 41.2. The van der Waals surface area contributed by atoms with Gasteiger partial charge >= 0.3 is 5.97 Å². The Kier molecular flexibility index (Phi) is 55.2. The second kappa shape index (κ2) is 59.4. The van der Waals surface area contributed by atoms with Gasteiger partial charge in [-0.15, -0.1) is 0 Å². The van der Waals surface area contributed by atoms with Crippen LogP contribution in [0, 0.1) is 0 Å². The van der Waals surface area contributed by atoms with Gasteiger partial charge in [-0.3, -0.25) is 9.59 Å². The van der Waals surface area contributed by atoms with Gasteiger partial charge in [0, 0.05) is 6.42 Å². The molecule has 0 bridgehead atoms. The standard InChI is InChI=1S/C73H123NO10/c1-4-7-10-13-16-19-22-25-27-29-30-31-32-33-34-35-36-37-39-40-42-45-48-51-54-57-60-66(77)72(81)74-64(65(76)59-56-53-50-47-44-24-21-18-15-12-9-6-3)63-82-73-71(70(80)69(79)67(62-75)83-73)84-68(78)61-58-55-52-49-46-43-41-38-28-26-23-20-17-14-11-8-5-2/h7,10,16-17,19-20,25-28,30-31,33-34,41,43,49,52,56,59,64-67,69-71,73,75-77,79-80H,4-6,8-9,11-15,18,21-24,29,32,35-40,42,44-48,50-51,53-55,57-58,60-63H2,1-3H3,(H,74,81)/b10-7-,19-16-,20-17-,27-25-,28-26-,31-30-,34-33-,43-41-,52-49-,59-56+. The number of aliphatic hydroxyl groups excluding tert-OH is 5. The molecule has 0 aromatic carbocycles. The molecule has 1 rings (SSSR count). The molecule has 480 valence electrons. The van der Waals surface area contributed by atoms with Crippen molar-refractivity contribution in [1.82, 2.24) is 5.32 Å². The topological polar surface area (TPSA) is 175 Å². The summed E-state index contributed by atoms with van der Waals surface area (Å²) >= 11 is 0. The van der Waals surface area contributed by atoms with Crippen molar-refractivity contribution in [2.75, 3.05) is 13.2 Å². The molecule has 8 atom stereocenters. The number of unbranched alkanes of at least 4 members (excludes halogenated alkanes) is 24. The molecule has 1 aliphatic heterocycles. The van der Waals surface area contributed by atoms with Crippen LogP contribution in [0.4, 0.5) is 0 Å². The summed E-state index contributed by atoms with van der Waals surface area (Å²) in [7, 11) is 0. The van der Waals surface area contributed by atoms with Gasteiger partial charge in [-0.05, 0) is 109 Å². The number of carbonyl (C=O) groups is 2. The van der Waals surface area contributed by atoms with Gasteiger partial charge in [0.15, 0.2) is 12.4 Å². The lowest BCUT2D eigenvalue weighted by molar-refractivity contribution is -0.305. The van der Waals surface area contributed by atoms with Gasteiger partial charge in [0.05, 0.1) is 25.4 Å². The number of rotatable bonds is 56. The number of esters is 1. The number of hydrogen-bond donors (Lipinski definition) is 6. The molecular formula is C73H123NO10. The number of hydrogen-bond acceptors (Lipinski definition) is 10. The Bertz CT molecular complexity index is 1830. The second-order valence-corrected chi connectivity index (χ2v) is 22.8. The zero-order chi connectivity index (χ0) is 61.0. The Morgan fingerprint density at radius 2 is 0.857 bits per heavy atom. The Hall–Kier alpha value is -3.94. The van der Waals surface area contributed by atoms with Gasteiger partial charge in [0.2, 0.25) is 5.91 Å². The van der Waals surface area contributed by atoms with Crippen molar-refractivity contribution in [1.29, 1.82) is 0 Å². The molecule has 0 saturated carbocycles. The summed E-state index contributed by atoms with van der Waals surface area (Å²) in [5, 5.41) is 57.1. The average molecular weight is 1170 g/mol. The van der Waals surface area contributed by atoms with Crippen molar-refractivity contribution in [2.24, 2.45) is 0 Å². The number of carbonyl (C=O) groups excluding carboxylic acids is 2. The monoisotopic (exact) mass is 1170 g/mol. The van der Waals surface area contributed by atoms with Crippen molar-refractivity contribution in [3.63, 3.8) is 0 Å². The first-order valence-electron chi connectivity index (χ1n) is 33.8. The Labute approximate surface area is 512 Å². The molecule has 0 aromatic heterocycles. The van der Waals surface area contributed by atoms with Crippen LogP contribution in [0.5, 0.6) is 0 Å². The molecule has 8 unspecified atom stereocenters. The van der Waals surface area contributed by atoms with E-state index in [9.17, 15) is 35.1 Å². The van der Waals surface area contributed by atoms with Gasteiger partial charge in [0.1, 0.15) is 24.4 Å². The normalized spacial score (nSPS) is 19.3. The molecule has 0 spiro atoms. The minimum atomic E-state index is -1.64. The Balaban J connectivity index is 2.63. The van der Waals surface area contributed by atoms with Gasteiger partial charge in [0.25, 0.3) is 0 Å². The van der Waals surface area contributed by atoms with E-state index in [4.69, 9.17) is 14.2 Å². The van der Waals surface area contributed by atoms with E-state index in [0.29, 0.717) is 19.3 Å². The summed E-state index contributed by atoms with van der Waals surface area (Å²) in [5.41, 5.74) is 0. The van der Waals surface area contributed by atoms with Gasteiger partial charge in [-0.1, -0.05) is 271 Å². The van der Waals surface area contributed by atoms with Crippen LogP contribution in [0.2, 0.25) is 0 Å². The van der Waals surface area contributed by atoms with Crippen LogP contribution in [-0.2, 0) is 23.8 Å². The molecule has 11 heteroatoms. The molecule has 1 fully saturated rings. The maximum atomic E-state index is 13.5. The van der Waals surface area contributed by atoms with E-state index in [0.717, 1.165) is 109 Å². The largest absolute Gasteiger partial charge is 0.454 e. The van der Waals surface area contributed by atoms with Crippen LogP contribution in [0.3, 0.4) is 0 Å². The summed E-state index contributed by atoms with van der Waals surface area (Å²) < 4.78 is 17.6. The third-order valence-electron chi connectivity index (χ3n) is 15.1. The molecule has 84 heavy (non-hydrogen) atoms. The van der Waals surface area contributed by atoms with E-state index in [1.54, 1.807) is 6.08 Å². The van der Waals surface area contributed by atoms with E-state index in [1.807, 2.05) is 12.2 Å². The molecular weight excluding hydrogens is 1050 g/mol. The van der Waals surface area contributed by atoms with Crippen LogP contribution in [0.1, 0.15) is 265 Å². The summed E-state index contributed by atoms with van der Waals surface area (Å²) in [6, 6.07) is -1.05. The van der Waals surface area contributed by atoms with Crippen molar-refractivity contribution in [3.8, 4) is 0 Å². The van der Waals surface area contributed by atoms with Gasteiger partial charge < -0.3 is 45.1 Å². The van der Waals surface area contributed by atoms with Crippen LogP contribution >= 0.6 is 0 Å². The van der Waals surface area contributed by atoms with Gasteiger partial charge in [-0.25, -0.2) is 0 Å². The third kappa shape index (κ3) is 46.3. The lowest BCUT2D eigenvalue weighted by Crippen LogP contribution is -2.61. The highest BCUT2D eigenvalue weighted by Gasteiger charge is 2.47. The fraction of sp³-hybridized carbons (Fsp3) is 0.699. The van der Waals surface area contributed by atoms with Crippen molar-refractivity contribution < 1.29 is 49.3 Å². The summed E-state index contributed by atoms with van der Waals surface area (Å²) in [6.45, 7) is 5.62. The molecule has 11 nitrogen and oxygen atoms in total. The fourth-order valence-corrected chi connectivity index (χ4v) is 9.79. The van der Waals surface area contributed by atoms with E-state index in [-0.39, 0.29) is 19.4 Å². The number of nitrogens with one attached hydrogen (secondary N) is 1. The van der Waals surface area contributed by atoms with E-state index < -0.39 is 67.4 Å². The molecule has 0 aromatic rings. The lowest BCUT2D eigenvalue weighted by Gasteiger charge is -2.41. The smallest absolute Gasteiger partial charge is 0.306 e. The Morgan fingerprint density at radius 1 is 0.476 bits per heavy atom. The van der Waals surface area contributed by atoms with E-state index in [1.165, 1.54) is 103 Å². The van der Waals surface area contributed by atoms with Crippen molar-refractivity contribution in [3.05, 3.63) is 122 Å². The number of amides is 1. The highest BCUT2D eigenvalue weighted by molar-refractivity contribution is 5.80. The number of aliphatic hydroxyl groups is 5. The lowest BCUT2D eigenvalue weighted by atomic mass is 9.99. The van der Waals surface area contributed by atoms with E-state index in [2.05, 4.69) is 129 Å². The zero-order valence-electron chi connectivity index (χ0n) is 53.2. The molecule has 1 saturated heterocycles. The SMILES string of the molecule is CC/C=C\C/C=C\C/C=C\C/C=C\C/C=C\CCCCCCCCCCCCC(O)C(=O)NC(COC1OC(CO)C(O)C(O)C1OC(=O)CCC/C=C\C/C=C\C/C=C\C/C=C\CCCCC)C(O)/C=C/CCCCCCCCCCCC. The van der Waals surface area contributed by atoms with Crippen molar-refractivity contribution >= 4 is 11.9 Å². The number of allylic oxidation sites excluding steroid dienone is 19. The van der Waals surface area contributed by atoms with E-state index >= 15 is 0 Å². The average Bonchev–Trinajstić information content (AvgIpc) is 3.67. The maximum Gasteiger partial charge on any atom is 0.306 e. The molecule has 1 aliphatic rings. The first kappa shape index (κ1) is 78.1. The van der Waals surface area contributed by atoms with Crippen LogP contribution < -0.4 is 5.32 Å². The third-order valence-corrected chi connectivity index (χ3v) is 15.1. The number of ether oxygens (including phenoxy) is 3. The highest BCUT2D eigenvalue weighted by atomic mass is 16.7. The summed E-state index contributed by atoms with van der Waals surface area (Å²) in [4.78, 5) is 26.6. The minimum absolute atomic E-state index is 0.0422. The highest BCUT2D eigenvalue weighted by Crippen LogP contribution is 2.26. The first-order valence-corrected chi connectivity index (χ1v) is 33.8. The van der Waals surface area contributed by atoms with Crippen molar-refractivity contribution in [2.45, 2.75) is 314 Å². The van der Waals surface area contributed by atoms with Crippen LogP contribution in [-0.4, -0.2) is 99.6 Å². The molecule has 1 heterocycles. The fourth-order valence-electron chi connectivity index (χ4n) is 9.79. The molecule has 6 N–H and O–H groups in total. The minimum Gasteiger partial charge on any atom is -0.454 e. The molecule has 0 radical (unpaired) electrons. The quantitative estimate of drug-likeness (QED) is 0.0195. The predicted octanol–water partition coefficient (Wildman–Crippen LogP) is 17.0. The summed E-state index contributed by atoms with van der Waals surface area (Å²) in [6.07, 6.45) is 72.4.